The zero-order valence-electron chi connectivity index (χ0n) is 46.1. The third kappa shape index (κ3) is 50.0. The molecule has 0 heterocycles. The zero-order chi connectivity index (χ0) is 49.5. The van der Waals surface area contributed by atoms with Gasteiger partial charge in [-0.25, -0.2) is 0 Å². The quantitative estimate of drug-likeness (QED) is 0.0308. The summed E-state index contributed by atoms with van der Waals surface area (Å²) >= 11 is 0. The van der Waals surface area contributed by atoms with E-state index in [2.05, 4.69) is 31.3 Å². The van der Waals surface area contributed by atoms with Crippen molar-refractivity contribution >= 4 is 5.91 Å². The second kappa shape index (κ2) is 57.0. The first-order valence-corrected chi connectivity index (χ1v) is 31.1. The Balaban J connectivity index is 3.48. The van der Waals surface area contributed by atoms with Crippen LogP contribution in [0.15, 0.2) is 12.2 Å². The standard InChI is InChI=1S/C62H123NO5/c1-3-5-7-9-11-13-15-17-19-20-21-22-23-24-25-26-27-28-29-30-31-32-33-34-35-36-37-38-39-40-41-42-44-46-48-50-52-54-56-60(66)62(68)63-58(57-64)61(67)59(65)55-53-51-49-47-45-43-18-16-14-12-10-8-6-4-2/h30-31,58-61,64-67H,3-29,32-57H2,1-2H3,(H,63,68)/b31-30-. The highest BCUT2D eigenvalue weighted by Gasteiger charge is 2.28. The van der Waals surface area contributed by atoms with Crippen molar-refractivity contribution in [2.45, 2.75) is 372 Å². The summed E-state index contributed by atoms with van der Waals surface area (Å²) < 4.78 is 0. The molecule has 0 aliphatic carbocycles. The molecule has 1 amide bonds. The van der Waals surface area contributed by atoms with Gasteiger partial charge in [-0.15, -0.1) is 0 Å². The number of aliphatic hydroxyl groups excluding tert-OH is 4. The Morgan fingerprint density at radius 3 is 0.853 bits per heavy atom. The van der Waals surface area contributed by atoms with Crippen LogP contribution in [0.25, 0.3) is 0 Å². The van der Waals surface area contributed by atoms with Gasteiger partial charge >= 0.3 is 0 Å². The van der Waals surface area contributed by atoms with Gasteiger partial charge in [0, 0.05) is 0 Å². The first-order valence-electron chi connectivity index (χ1n) is 31.1. The molecule has 6 nitrogen and oxygen atoms in total. The summed E-state index contributed by atoms with van der Waals surface area (Å²) in [5.41, 5.74) is 0. The maximum absolute atomic E-state index is 12.6. The lowest BCUT2D eigenvalue weighted by Gasteiger charge is -2.27. The number of carbonyl (C=O) groups excluding carboxylic acids is 1. The van der Waals surface area contributed by atoms with Crippen molar-refractivity contribution in [2.75, 3.05) is 6.61 Å². The molecule has 0 aliphatic heterocycles. The summed E-state index contributed by atoms with van der Waals surface area (Å²) in [5, 5.41) is 44.0. The molecular weight excluding hydrogens is 839 g/mol. The van der Waals surface area contributed by atoms with E-state index in [1.54, 1.807) is 0 Å². The van der Waals surface area contributed by atoms with Crippen molar-refractivity contribution in [3.63, 3.8) is 0 Å². The average molecular weight is 963 g/mol. The maximum atomic E-state index is 12.6. The van der Waals surface area contributed by atoms with Crippen LogP contribution in [0.3, 0.4) is 0 Å². The molecule has 4 unspecified atom stereocenters. The predicted molar refractivity (Wildman–Crippen MR) is 298 cm³/mol. The van der Waals surface area contributed by atoms with Crippen LogP contribution in [0, 0.1) is 0 Å². The molecule has 0 aromatic heterocycles. The van der Waals surface area contributed by atoms with Gasteiger partial charge < -0.3 is 25.7 Å². The van der Waals surface area contributed by atoms with Crippen molar-refractivity contribution in [1.82, 2.24) is 5.32 Å². The van der Waals surface area contributed by atoms with Crippen molar-refractivity contribution in [2.24, 2.45) is 0 Å². The molecule has 0 fully saturated rings. The molecule has 68 heavy (non-hydrogen) atoms. The third-order valence-corrected chi connectivity index (χ3v) is 15.0. The molecule has 0 radical (unpaired) electrons. The van der Waals surface area contributed by atoms with Crippen molar-refractivity contribution < 1.29 is 25.2 Å². The first kappa shape index (κ1) is 67.0. The lowest BCUT2D eigenvalue weighted by molar-refractivity contribution is -0.132. The van der Waals surface area contributed by atoms with Crippen molar-refractivity contribution in [1.29, 1.82) is 0 Å². The summed E-state index contributed by atoms with van der Waals surface area (Å²) in [7, 11) is 0. The van der Waals surface area contributed by atoms with Crippen LogP contribution in [0.5, 0.6) is 0 Å². The summed E-state index contributed by atoms with van der Waals surface area (Å²) in [6.45, 7) is 4.09. The van der Waals surface area contributed by atoms with Gasteiger partial charge in [-0.3, -0.25) is 4.79 Å². The van der Waals surface area contributed by atoms with E-state index in [4.69, 9.17) is 0 Å². The summed E-state index contributed by atoms with van der Waals surface area (Å²) in [6.07, 6.45) is 68.9. The number of hydrogen-bond donors (Lipinski definition) is 5. The molecular formula is C62H123NO5. The van der Waals surface area contributed by atoms with Gasteiger partial charge in [-0.2, -0.15) is 0 Å². The minimum atomic E-state index is -1.26. The molecule has 0 rings (SSSR count). The van der Waals surface area contributed by atoms with Crippen LogP contribution < -0.4 is 5.32 Å². The fraction of sp³-hybridized carbons (Fsp3) is 0.952. The van der Waals surface area contributed by atoms with Gasteiger partial charge in [0.15, 0.2) is 0 Å². The number of hydrogen-bond acceptors (Lipinski definition) is 5. The van der Waals surface area contributed by atoms with Gasteiger partial charge in [-0.05, 0) is 38.5 Å². The maximum Gasteiger partial charge on any atom is 0.249 e. The molecule has 406 valence electrons. The predicted octanol–water partition coefficient (Wildman–Crippen LogP) is 18.4. The fourth-order valence-electron chi connectivity index (χ4n) is 10.1. The normalized spacial score (nSPS) is 13.7. The molecule has 5 N–H and O–H groups in total. The highest BCUT2D eigenvalue weighted by atomic mass is 16.3. The number of unbranched alkanes of at least 4 members (excludes halogenated alkanes) is 47. The van der Waals surface area contributed by atoms with Crippen molar-refractivity contribution in [3.05, 3.63) is 12.2 Å². The number of carbonyl (C=O) groups is 1. The van der Waals surface area contributed by atoms with E-state index in [9.17, 15) is 25.2 Å². The smallest absolute Gasteiger partial charge is 0.249 e. The lowest BCUT2D eigenvalue weighted by Crippen LogP contribution is -2.53. The lowest BCUT2D eigenvalue weighted by atomic mass is 9.99. The monoisotopic (exact) mass is 962 g/mol. The number of nitrogens with one attached hydrogen (secondary N) is 1. The molecule has 0 saturated heterocycles. The SMILES string of the molecule is CCCCCCCCCCCCCCCCCCCC/C=C\CCCCCCCCCCCCCCCCCCC(O)C(=O)NC(CO)C(O)C(O)CCCCCCCCCCCCCCCC. The Bertz CT molecular complexity index is 990. The molecule has 0 spiro atoms. The van der Waals surface area contributed by atoms with E-state index in [1.165, 1.54) is 283 Å². The van der Waals surface area contributed by atoms with Gasteiger partial charge in [0.05, 0.1) is 18.8 Å². The number of amides is 1. The second-order valence-electron chi connectivity index (χ2n) is 21.8. The Labute approximate surface area is 425 Å². The Morgan fingerprint density at radius 2 is 0.588 bits per heavy atom. The van der Waals surface area contributed by atoms with Crippen LogP contribution in [-0.2, 0) is 4.79 Å². The molecule has 0 bridgehead atoms. The van der Waals surface area contributed by atoms with Gasteiger partial charge in [0.2, 0.25) is 5.91 Å². The minimum Gasteiger partial charge on any atom is -0.394 e. The van der Waals surface area contributed by atoms with E-state index in [1.807, 2.05) is 0 Å². The average Bonchev–Trinajstić information content (AvgIpc) is 3.34. The van der Waals surface area contributed by atoms with Crippen LogP contribution in [-0.4, -0.2) is 57.3 Å². The molecule has 0 aromatic carbocycles. The Kier molecular flexibility index (Phi) is 56.2. The van der Waals surface area contributed by atoms with E-state index in [-0.39, 0.29) is 0 Å². The van der Waals surface area contributed by atoms with Gasteiger partial charge in [-0.1, -0.05) is 321 Å². The second-order valence-corrected chi connectivity index (χ2v) is 21.8. The van der Waals surface area contributed by atoms with Gasteiger partial charge in [0.1, 0.15) is 12.2 Å². The summed E-state index contributed by atoms with van der Waals surface area (Å²) in [4.78, 5) is 12.6. The zero-order valence-corrected chi connectivity index (χ0v) is 46.1. The van der Waals surface area contributed by atoms with Gasteiger partial charge in [0.25, 0.3) is 0 Å². The van der Waals surface area contributed by atoms with Crippen LogP contribution in [0.1, 0.15) is 348 Å². The van der Waals surface area contributed by atoms with Crippen LogP contribution in [0.2, 0.25) is 0 Å². The number of rotatable bonds is 58. The fourth-order valence-corrected chi connectivity index (χ4v) is 10.1. The van der Waals surface area contributed by atoms with Crippen molar-refractivity contribution in [3.8, 4) is 0 Å². The Hall–Kier alpha value is -0.950. The summed E-state index contributed by atoms with van der Waals surface area (Å²) in [5.74, 6) is -0.578. The van der Waals surface area contributed by atoms with E-state index in [0.29, 0.717) is 12.8 Å². The highest BCUT2D eigenvalue weighted by molar-refractivity contribution is 5.80. The first-order chi connectivity index (χ1) is 33.5. The minimum absolute atomic E-state index is 0.374. The molecule has 0 aromatic rings. The molecule has 0 aliphatic rings. The molecule has 4 atom stereocenters. The number of allylic oxidation sites excluding steroid dienone is 2. The third-order valence-electron chi connectivity index (χ3n) is 15.0. The molecule has 0 saturated carbocycles. The Morgan fingerprint density at radius 1 is 0.353 bits per heavy atom. The molecule has 6 heteroatoms. The summed E-state index contributed by atoms with van der Waals surface area (Å²) in [6, 6.07) is -0.982. The van der Waals surface area contributed by atoms with E-state index < -0.39 is 36.9 Å². The number of aliphatic hydroxyl groups is 4. The van der Waals surface area contributed by atoms with Crippen LogP contribution in [0.4, 0.5) is 0 Å². The largest absolute Gasteiger partial charge is 0.394 e. The topological polar surface area (TPSA) is 110 Å². The van der Waals surface area contributed by atoms with E-state index in [0.717, 1.165) is 38.5 Å². The highest BCUT2D eigenvalue weighted by Crippen LogP contribution is 2.19. The van der Waals surface area contributed by atoms with E-state index >= 15 is 0 Å². The van der Waals surface area contributed by atoms with Crippen LogP contribution >= 0.6 is 0 Å².